The number of rotatable bonds is 3. The lowest BCUT2D eigenvalue weighted by Gasteiger charge is -2.23. The topological polar surface area (TPSA) is 13.1 Å². The molecular formula is C55H36O. The zero-order valence-electron chi connectivity index (χ0n) is 31.2. The van der Waals surface area contributed by atoms with Crippen molar-refractivity contribution in [3.8, 4) is 44.5 Å². The van der Waals surface area contributed by atoms with E-state index in [-0.39, 0.29) is 5.41 Å². The van der Waals surface area contributed by atoms with Crippen LogP contribution in [-0.2, 0) is 5.41 Å². The smallest absolute Gasteiger partial charge is 0.140 e. The van der Waals surface area contributed by atoms with Crippen LogP contribution in [0.15, 0.2) is 186 Å². The van der Waals surface area contributed by atoms with Crippen molar-refractivity contribution in [1.29, 1.82) is 0 Å². The van der Waals surface area contributed by atoms with Crippen molar-refractivity contribution in [2.75, 3.05) is 0 Å². The van der Waals surface area contributed by atoms with E-state index in [0.29, 0.717) is 0 Å². The fourth-order valence-electron chi connectivity index (χ4n) is 10.1. The Hall–Kier alpha value is -6.96. The first kappa shape index (κ1) is 31.4. The minimum atomic E-state index is -0.203. The summed E-state index contributed by atoms with van der Waals surface area (Å²) in [5.74, 6) is 0. The van der Waals surface area contributed by atoms with Crippen molar-refractivity contribution in [2.24, 2.45) is 0 Å². The Morgan fingerprint density at radius 1 is 0.339 bits per heavy atom. The third kappa shape index (κ3) is 4.37. The summed E-state index contributed by atoms with van der Waals surface area (Å²) in [6.45, 7) is 4.71. The molecule has 1 heteroatoms. The van der Waals surface area contributed by atoms with Gasteiger partial charge in [-0.3, -0.25) is 0 Å². The molecule has 0 N–H and O–H groups in total. The molecular weight excluding hydrogens is 677 g/mol. The van der Waals surface area contributed by atoms with Crippen LogP contribution in [0.2, 0.25) is 0 Å². The average Bonchev–Trinajstić information content (AvgIpc) is 3.73. The summed E-state index contributed by atoms with van der Waals surface area (Å²) in [6, 6.07) is 67.1. The number of hydrogen-bond donors (Lipinski definition) is 0. The Labute approximate surface area is 325 Å². The van der Waals surface area contributed by atoms with Gasteiger partial charge in [-0.05, 0) is 123 Å². The predicted molar refractivity (Wildman–Crippen MR) is 238 cm³/mol. The van der Waals surface area contributed by atoms with Gasteiger partial charge >= 0.3 is 0 Å². The summed E-state index contributed by atoms with van der Waals surface area (Å²) < 4.78 is 6.83. The molecule has 0 atom stereocenters. The highest BCUT2D eigenvalue weighted by Crippen LogP contribution is 2.55. The molecule has 1 heterocycles. The molecule has 0 spiro atoms. The fraction of sp³-hybridized carbons (Fsp3) is 0.0545. The number of hydrogen-bond acceptors (Lipinski definition) is 1. The van der Waals surface area contributed by atoms with Crippen LogP contribution < -0.4 is 0 Å². The Bertz CT molecular complexity index is 3390. The van der Waals surface area contributed by atoms with Gasteiger partial charge in [-0.15, -0.1) is 0 Å². The second-order valence-corrected chi connectivity index (χ2v) is 16.0. The van der Waals surface area contributed by atoms with Crippen molar-refractivity contribution in [1.82, 2.24) is 0 Å². The second-order valence-electron chi connectivity index (χ2n) is 16.0. The molecule has 1 aliphatic rings. The molecule has 0 amide bonds. The molecule has 1 aromatic heterocycles. The SMILES string of the molecule is CC1(C)c2c(ccc3ccccc23)-c2ccc3c(oc4ccc(-c5cccc(-c6c7ccccc7c(-c7ccc8ccccc8c7)c7ccccc67)c5)cc43)c21. The van der Waals surface area contributed by atoms with Gasteiger partial charge in [0.25, 0.3) is 0 Å². The van der Waals surface area contributed by atoms with Gasteiger partial charge in [0.1, 0.15) is 11.2 Å². The lowest BCUT2D eigenvalue weighted by atomic mass is 9.79. The van der Waals surface area contributed by atoms with Crippen molar-refractivity contribution in [3.63, 3.8) is 0 Å². The normalized spacial score (nSPS) is 13.3. The van der Waals surface area contributed by atoms with E-state index in [2.05, 4.69) is 196 Å². The lowest BCUT2D eigenvalue weighted by molar-refractivity contribution is 0.622. The first-order valence-electron chi connectivity index (χ1n) is 19.6. The molecule has 0 unspecified atom stereocenters. The highest BCUT2D eigenvalue weighted by Gasteiger charge is 2.39. The second kappa shape index (κ2) is 11.5. The van der Waals surface area contributed by atoms with Gasteiger partial charge in [-0.1, -0.05) is 166 Å². The predicted octanol–water partition coefficient (Wildman–Crippen LogP) is 15.5. The summed E-state index contributed by atoms with van der Waals surface area (Å²) in [5.41, 5.74) is 14.3. The Balaban J connectivity index is 1.02. The van der Waals surface area contributed by atoms with E-state index >= 15 is 0 Å². The average molecular weight is 713 g/mol. The highest BCUT2D eigenvalue weighted by atomic mass is 16.3. The van der Waals surface area contributed by atoms with Crippen LogP contribution >= 0.6 is 0 Å². The molecule has 12 rings (SSSR count). The van der Waals surface area contributed by atoms with Crippen molar-refractivity contribution in [3.05, 3.63) is 193 Å². The minimum absolute atomic E-state index is 0.203. The monoisotopic (exact) mass is 712 g/mol. The Kier molecular flexibility index (Phi) is 6.46. The molecule has 0 fully saturated rings. The molecule has 10 aromatic carbocycles. The van der Waals surface area contributed by atoms with Gasteiger partial charge in [0.2, 0.25) is 0 Å². The number of fused-ring (bicyclic) bond motifs is 12. The molecule has 0 radical (unpaired) electrons. The summed E-state index contributed by atoms with van der Waals surface area (Å²) in [4.78, 5) is 0. The van der Waals surface area contributed by atoms with Gasteiger partial charge in [0.15, 0.2) is 0 Å². The molecule has 0 saturated carbocycles. The standard InChI is InChI=1S/C55H36O/c1-55(2)52-40-17-6-5-13-34(40)24-26-45(52)46-27-28-47-48-32-37(25-29-49(48)56-54(47)53(46)55)36-15-11-16-38(31-36)50-41-18-7-9-20-43(41)51(44-21-10-8-19-42(44)50)39-23-22-33-12-3-4-14-35(33)30-39/h3-32H,1-2H3. The largest absolute Gasteiger partial charge is 0.456 e. The van der Waals surface area contributed by atoms with E-state index in [1.807, 2.05) is 0 Å². The van der Waals surface area contributed by atoms with E-state index < -0.39 is 0 Å². The van der Waals surface area contributed by atoms with E-state index in [1.54, 1.807) is 0 Å². The fourth-order valence-corrected chi connectivity index (χ4v) is 10.1. The van der Waals surface area contributed by atoms with Crippen molar-refractivity contribution in [2.45, 2.75) is 19.3 Å². The highest BCUT2D eigenvalue weighted by molar-refractivity contribution is 6.22. The maximum atomic E-state index is 6.83. The van der Waals surface area contributed by atoms with Crippen LogP contribution in [0, 0.1) is 0 Å². The van der Waals surface area contributed by atoms with Crippen LogP contribution in [0.3, 0.4) is 0 Å². The van der Waals surface area contributed by atoms with E-state index in [9.17, 15) is 0 Å². The van der Waals surface area contributed by atoms with E-state index in [1.165, 1.54) is 104 Å². The molecule has 56 heavy (non-hydrogen) atoms. The van der Waals surface area contributed by atoms with Crippen LogP contribution in [0.5, 0.6) is 0 Å². The molecule has 0 bridgehead atoms. The Morgan fingerprint density at radius 3 is 1.61 bits per heavy atom. The third-order valence-corrected chi connectivity index (χ3v) is 12.6. The third-order valence-electron chi connectivity index (χ3n) is 12.6. The molecule has 11 aromatic rings. The number of benzene rings is 10. The van der Waals surface area contributed by atoms with E-state index in [0.717, 1.165) is 16.6 Å². The minimum Gasteiger partial charge on any atom is -0.456 e. The van der Waals surface area contributed by atoms with Gasteiger partial charge < -0.3 is 4.42 Å². The van der Waals surface area contributed by atoms with E-state index in [4.69, 9.17) is 4.42 Å². The molecule has 0 aliphatic heterocycles. The maximum absolute atomic E-state index is 6.83. The van der Waals surface area contributed by atoms with Gasteiger partial charge in [-0.25, -0.2) is 0 Å². The molecule has 262 valence electrons. The number of furan rings is 1. The molecule has 1 aliphatic carbocycles. The summed E-state index contributed by atoms with van der Waals surface area (Å²) in [5, 5.41) is 12.5. The summed E-state index contributed by atoms with van der Waals surface area (Å²) >= 11 is 0. The van der Waals surface area contributed by atoms with Crippen LogP contribution in [-0.4, -0.2) is 0 Å². The zero-order valence-corrected chi connectivity index (χ0v) is 31.2. The van der Waals surface area contributed by atoms with Gasteiger partial charge in [0.05, 0.1) is 0 Å². The zero-order chi connectivity index (χ0) is 37.1. The first-order valence-corrected chi connectivity index (χ1v) is 19.6. The Morgan fingerprint density at radius 2 is 0.875 bits per heavy atom. The molecule has 1 nitrogen and oxygen atoms in total. The van der Waals surface area contributed by atoms with Crippen LogP contribution in [0.25, 0.3) is 110 Å². The van der Waals surface area contributed by atoms with Crippen LogP contribution in [0.4, 0.5) is 0 Å². The van der Waals surface area contributed by atoms with Crippen molar-refractivity contribution >= 4 is 65.0 Å². The quantitative estimate of drug-likeness (QED) is 0.166. The van der Waals surface area contributed by atoms with Crippen LogP contribution in [0.1, 0.15) is 25.0 Å². The molecule has 0 saturated heterocycles. The summed E-state index contributed by atoms with van der Waals surface area (Å²) in [6.07, 6.45) is 0. The van der Waals surface area contributed by atoms with Gasteiger partial charge in [-0.2, -0.15) is 0 Å². The van der Waals surface area contributed by atoms with Crippen molar-refractivity contribution < 1.29 is 4.42 Å². The maximum Gasteiger partial charge on any atom is 0.140 e. The first-order chi connectivity index (χ1) is 27.5. The lowest BCUT2D eigenvalue weighted by Crippen LogP contribution is -2.15. The van der Waals surface area contributed by atoms with Gasteiger partial charge in [0, 0.05) is 21.8 Å². The summed E-state index contributed by atoms with van der Waals surface area (Å²) in [7, 11) is 0.